The van der Waals surface area contributed by atoms with Crippen molar-refractivity contribution in [2.45, 2.75) is 39.2 Å². The summed E-state index contributed by atoms with van der Waals surface area (Å²) < 4.78 is 5.79. The molecule has 1 amide bonds. The Morgan fingerprint density at radius 2 is 1.68 bits per heavy atom. The lowest BCUT2D eigenvalue weighted by molar-refractivity contribution is -0.122. The van der Waals surface area contributed by atoms with Gasteiger partial charge in [0.25, 0.3) is 5.91 Å². The highest BCUT2D eigenvalue weighted by Gasteiger charge is 2.19. The van der Waals surface area contributed by atoms with Gasteiger partial charge in [-0.05, 0) is 36.1 Å². The number of carbonyl (C=O) groups excluding carboxylic acids is 1. The van der Waals surface area contributed by atoms with E-state index in [1.165, 1.54) is 0 Å². The molecule has 1 N–H and O–H groups in total. The summed E-state index contributed by atoms with van der Waals surface area (Å²) in [5.41, 5.74) is 1.99. The summed E-state index contributed by atoms with van der Waals surface area (Å²) in [5, 5.41) is 3.00. The molecule has 0 heterocycles. The van der Waals surface area contributed by atoms with Gasteiger partial charge in [0.1, 0.15) is 5.75 Å². The summed E-state index contributed by atoms with van der Waals surface area (Å²) in [6.45, 7) is 6.17. The number of para-hydroxylation sites is 2. The van der Waals surface area contributed by atoms with E-state index in [2.05, 4.69) is 19.2 Å². The van der Waals surface area contributed by atoms with E-state index >= 15 is 0 Å². The number of nitrogens with one attached hydrogen (secondary N) is 1. The fraction of sp³-hybridized carbons (Fsp3) is 0.316. The molecule has 0 aliphatic heterocycles. The maximum atomic E-state index is 12.5. The van der Waals surface area contributed by atoms with Crippen LogP contribution in [-0.2, 0) is 4.79 Å². The number of amides is 1. The van der Waals surface area contributed by atoms with Crippen LogP contribution in [0.25, 0.3) is 0 Å². The molecule has 1 atom stereocenters. The van der Waals surface area contributed by atoms with Gasteiger partial charge in [0.15, 0.2) is 6.10 Å². The van der Waals surface area contributed by atoms with Crippen molar-refractivity contribution in [2.75, 3.05) is 5.32 Å². The van der Waals surface area contributed by atoms with Gasteiger partial charge in [-0.15, -0.1) is 0 Å². The molecule has 2 aromatic carbocycles. The molecule has 2 rings (SSSR count). The van der Waals surface area contributed by atoms with E-state index in [1.807, 2.05) is 61.5 Å². The van der Waals surface area contributed by atoms with Crippen LogP contribution in [0.5, 0.6) is 5.75 Å². The molecule has 0 aromatic heterocycles. The highest BCUT2D eigenvalue weighted by atomic mass is 16.5. The lowest BCUT2D eigenvalue weighted by Gasteiger charge is -2.19. The Kier molecular flexibility index (Phi) is 5.59. The molecule has 0 aliphatic rings. The lowest BCUT2D eigenvalue weighted by atomic mass is 10.0. The molecular weight excluding hydrogens is 274 g/mol. The second-order valence-corrected chi connectivity index (χ2v) is 5.56. The summed E-state index contributed by atoms with van der Waals surface area (Å²) in [6, 6.07) is 17.3. The smallest absolute Gasteiger partial charge is 0.265 e. The second-order valence-electron chi connectivity index (χ2n) is 5.56. The Hall–Kier alpha value is -2.29. The molecule has 0 saturated heterocycles. The quantitative estimate of drug-likeness (QED) is 0.845. The maximum absolute atomic E-state index is 12.5. The van der Waals surface area contributed by atoms with Crippen molar-refractivity contribution in [2.24, 2.45) is 0 Å². The van der Waals surface area contributed by atoms with E-state index < -0.39 is 6.10 Å². The molecule has 0 radical (unpaired) electrons. The van der Waals surface area contributed by atoms with E-state index in [0.29, 0.717) is 18.1 Å². The zero-order chi connectivity index (χ0) is 15.9. The third kappa shape index (κ3) is 4.10. The minimum atomic E-state index is -0.498. The van der Waals surface area contributed by atoms with Crippen LogP contribution in [0.1, 0.15) is 38.7 Å². The van der Waals surface area contributed by atoms with Crippen molar-refractivity contribution in [3.8, 4) is 5.75 Å². The topological polar surface area (TPSA) is 38.3 Å². The highest BCUT2D eigenvalue weighted by Crippen LogP contribution is 2.24. The highest BCUT2D eigenvalue weighted by molar-refractivity contribution is 5.95. The first kappa shape index (κ1) is 16.1. The number of hydrogen-bond donors (Lipinski definition) is 1. The van der Waals surface area contributed by atoms with Crippen LogP contribution >= 0.6 is 0 Å². The molecule has 0 aliphatic carbocycles. The van der Waals surface area contributed by atoms with Crippen LogP contribution in [-0.4, -0.2) is 12.0 Å². The molecule has 3 nitrogen and oxygen atoms in total. The van der Waals surface area contributed by atoms with Crippen LogP contribution in [0.2, 0.25) is 0 Å². The summed E-state index contributed by atoms with van der Waals surface area (Å²) >= 11 is 0. The van der Waals surface area contributed by atoms with Crippen LogP contribution in [0.15, 0.2) is 54.6 Å². The largest absolute Gasteiger partial charge is 0.481 e. The zero-order valence-electron chi connectivity index (χ0n) is 13.4. The number of anilines is 1. The molecular formula is C19H23NO2. The SMILES string of the molecule is CC[C@@H](Oc1ccccc1)C(=O)Nc1ccccc1C(C)C. The molecule has 0 saturated carbocycles. The van der Waals surface area contributed by atoms with Crippen molar-refractivity contribution < 1.29 is 9.53 Å². The predicted octanol–water partition coefficient (Wildman–Crippen LogP) is 4.61. The third-order valence-corrected chi connectivity index (χ3v) is 3.53. The number of ether oxygens (including phenoxy) is 1. The molecule has 22 heavy (non-hydrogen) atoms. The lowest BCUT2D eigenvalue weighted by Crippen LogP contribution is -2.32. The van der Waals surface area contributed by atoms with Crippen LogP contribution in [0.3, 0.4) is 0 Å². The van der Waals surface area contributed by atoms with Crippen molar-refractivity contribution in [1.82, 2.24) is 0 Å². The predicted molar refractivity (Wildman–Crippen MR) is 90.3 cm³/mol. The van der Waals surface area contributed by atoms with E-state index in [9.17, 15) is 4.79 Å². The van der Waals surface area contributed by atoms with E-state index in [-0.39, 0.29) is 5.91 Å². The van der Waals surface area contributed by atoms with Crippen molar-refractivity contribution in [1.29, 1.82) is 0 Å². The Bertz CT molecular complexity index is 608. The molecule has 0 bridgehead atoms. The van der Waals surface area contributed by atoms with Crippen LogP contribution < -0.4 is 10.1 Å². The summed E-state index contributed by atoms with van der Waals surface area (Å²) in [7, 11) is 0. The van der Waals surface area contributed by atoms with Crippen LogP contribution in [0.4, 0.5) is 5.69 Å². The van der Waals surface area contributed by atoms with E-state index in [4.69, 9.17) is 4.74 Å². The Morgan fingerprint density at radius 1 is 1.05 bits per heavy atom. The van der Waals surface area contributed by atoms with E-state index in [0.717, 1.165) is 11.3 Å². The Morgan fingerprint density at radius 3 is 2.32 bits per heavy atom. The Labute approximate surface area is 132 Å². The fourth-order valence-corrected chi connectivity index (χ4v) is 2.31. The molecule has 3 heteroatoms. The normalized spacial score (nSPS) is 12.0. The molecule has 0 unspecified atom stereocenters. The number of carbonyl (C=O) groups is 1. The minimum absolute atomic E-state index is 0.112. The minimum Gasteiger partial charge on any atom is -0.481 e. The van der Waals surface area contributed by atoms with Gasteiger partial charge >= 0.3 is 0 Å². The van der Waals surface area contributed by atoms with Crippen LogP contribution in [0, 0.1) is 0 Å². The number of benzene rings is 2. The average molecular weight is 297 g/mol. The number of rotatable bonds is 6. The molecule has 2 aromatic rings. The Balaban J connectivity index is 2.10. The average Bonchev–Trinajstić information content (AvgIpc) is 2.53. The number of hydrogen-bond acceptors (Lipinski definition) is 2. The van der Waals surface area contributed by atoms with Gasteiger partial charge in [-0.2, -0.15) is 0 Å². The summed E-state index contributed by atoms with van der Waals surface area (Å²) in [5.74, 6) is 0.952. The van der Waals surface area contributed by atoms with Gasteiger partial charge in [0.2, 0.25) is 0 Å². The van der Waals surface area contributed by atoms with E-state index in [1.54, 1.807) is 0 Å². The zero-order valence-corrected chi connectivity index (χ0v) is 13.4. The first-order valence-electron chi connectivity index (χ1n) is 7.73. The van der Waals surface area contributed by atoms with Gasteiger partial charge in [-0.1, -0.05) is 57.2 Å². The monoisotopic (exact) mass is 297 g/mol. The summed E-state index contributed by atoms with van der Waals surface area (Å²) in [4.78, 5) is 12.5. The van der Waals surface area contributed by atoms with Crippen molar-refractivity contribution in [3.05, 3.63) is 60.2 Å². The fourth-order valence-electron chi connectivity index (χ4n) is 2.31. The van der Waals surface area contributed by atoms with Crippen molar-refractivity contribution >= 4 is 11.6 Å². The van der Waals surface area contributed by atoms with Gasteiger partial charge in [0.05, 0.1) is 0 Å². The van der Waals surface area contributed by atoms with Crippen molar-refractivity contribution in [3.63, 3.8) is 0 Å². The standard InChI is InChI=1S/C19H23NO2/c1-4-18(22-15-10-6-5-7-11-15)19(21)20-17-13-9-8-12-16(17)14(2)3/h5-14,18H,4H2,1-3H3,(H,20,21)/t18-/m1/s1. The first-order chi connectivity index (χ1) is 10.6. The molecule has 0 fully saturated rings. The first-order valence-corrected chi connectivity index (χ1v) is 7.73. The van der Waals surface area contributed by atoms with Gasteiger partial charge in [-0.3, -0.25) is 4.79 Å². The molecule has 116 valence electrons. The maximum Gasteiger partial charge on any atom is 0.265 e. The summed E-state index contributed by atoms with van der Waals surface area (Å²) in [6.07, 6.45) is 0.118. The van der Waals surface area contributed by atoms with Gasteiger partial charge < -0.3 is 10.1 Å². The third-order valence-electron chi connectivity index (χ3n) is 3.53. The second kappa shape index (κ2) is 7.64. The molecule has 0 spiro atoms. The van der Waals surface area contributed by atoms with Gasteiger partial charge in [-0.25, -0.2) is 0 Å². The van der Waals surface area contributed by atoms with Gasteiger partial charge in [0, 0.05) is 5.69 Å².